The average molecular weight is 349 g/mol. The van der Waals surface area contributed by atoms with Gasteiger partial charge in [0, 0.05) is 22.0 Å². The van der Waals surface area contributed by atoms with E-state index in [9.17, 15) is 0 Å². The Morgan fingerprint density at radius 1 is 1.05 bits per heavy atom. The van der Waals surface area contributed by atoms with Crippen LogP contribution in [0.15, 0.2) is 40.9 Å². The third-order valence-corrected chi connectivity index (χ3v) is 4.55. The fourth-order valence-corrected chi connectivity index (χ4v) is 3.23. The van der Waals surface area contributed by atoms with Crippen LogP contribution in [0.3, 0.4) is 0 Å². The molecule has 0 bridgehead atoms. The zero-order valence-electron chi connectivity index (χ0n) is 12.2. The van der Waals surface area contributed by atoms with Gasteiger partial charge in [-0.1, -0.05) is 28.1 Å². The van der Waals surface area contributed by atoms with Crippen molar-refractivity contribution in [3.8, 4) is 11.5 Å². The molecule has 0 radical (unpaired) electrons. The van der Waals surface area contributed by atoms with Crippen molar-refractivity contribution in [2.75, 3.05) is 20.8 Å². The van der Waals surface area contributed by atoms with Gasteiger partial charge in [-0.05, 0) is 29.8 Å². The maximum atomic E-state index is 5.46. The average Bonchev–Trinajstić information content (AvgIpc) is 2.53. The van der Waals surface area contributed by atoms with Crippen molar-refractivity contribution in [2.45, 2.75) is 12.5 Å². The molecule has 2 aromatic carbocycles. The van der Waals surface area contributed by atoms with E-state index in [1.807, 2.05) is 0 Å². The molecular weight excluding hydrogens is 330 g/mol. The van der Waals surface area contributed by atoms with Crippen molar-refractivity contribution in [3.63, 3.8) is 0 Å². The summed E-state index contributed by atoms with van der Waals surface area (Å²) in [6.45, 7) is 1.09. The van der Waals surface area contributed by atoms with Gasteiger partial charge in [-0.3, -0.25) is 0 Å². The lowest BCUT2D eigenvalue weighted by Gasteiger charge is -2.25. The molecule has 0 saturated carbocycles. The smallest absolute Gasteiger partial charge is 0.161 e. The van der Waals surface area contributed by atoms with Crippen LogP contribution >= 0.6 is 15.9 Å². The van der Waals surface area contributed by atoms with Crippen molar-refractivity contribution in [1.82, 2.24) is 0 Å². The Bertz CT molecular complexity index is 640. The summed E-state index contributed by atoms with van der Waals surface area (Å²) in [6, 6.07) is 13.1. The van der Waals surface area contributed by atoms with Crippen LogP contribution in [0.4, 0.5) is 0 Å². The van der Waals surface area contributed by atoms with Gasteiger partial charge in [-0.15, -0.1) is 0 Å². The number of hydrogen-bond acceptors (Lipinski definition) is 2. The number of ether oxygens (including phenoxy) is 2. The summed E-state index contributed by atoms with van der Waals surface area (Å²) < 4.78 is 12.0. The number of benzene rings is 2. The fraction of sp³-hybridized carbons (Fsp3) is 0.294. The molecule has 3 rings (SSSR count). The van der Waals surface area contributed by atoms with E-state index < -0.39 is 0 Å². The topological polar surface area (TPSA) is 35.1 Å². The van der Waals surface area contributed by atoms with E-state index >= 15 is 0 Å². The van der Waals surface area contributed by atoms with Crippen LogP contribution in [0.1, 0.15) is 22.7 Å². The van der Waals surface area contributed by atoms with E-state index in [0.29, 0.717) is 6.04 Å². The van der Waals surface area contributed by atoms with Gasteiger partial charge >= 0.3 is 0 Å². The summed E-state index contributed by atoms with van der Waals surface area (Å²) in [5.74, 6) is 1.61. The number of nitrogens with two attached hydrogens (primary N) is 1. The summed E-state index contributed by atoms with van der Waals surface area (Å²) in [6.07, 6.45) is 1.06. The fourth-order valence-electron chi connectivity index (χ4n) is 2.96. The first-order chi connectivity index (χ1) is 10.2. The minimum atomic E-state index is 0.321. The third-order valence-electron chi connectivity index (χ3n) is 4.03. The van der Waals surface area contributed by atoms with E-state index in [-0.39, 0.29) is 0 Å². The highest BCUT2D eigenvalue weighted by Gasteiger charge is 2.26. The Morgan fingerprint density at radius 3 is 2.38 bits per heavy atom. The molecule has 1 heterocycles. The molecule has 0 amide bonds. The molecule has 0 unspecified atom stereocenters. The highest BCUT2D eigenvalue weighted by molar-refractivity contribution is 9.10. The Balaban J connectivity index is 2.06. The molecule has 2 aromatic rings. The van der Waals surface area contributed by atoms with E-state index in [1.54, 1.807) is 14.2 Å². The van der Waals surface area contributed by atoms with Gasteiger partial charge in [0.1, 0.15) is 6.04 Å². The Hall–Kier alpha value is -1.52. The SMILES string of the molecule is COc1cc2c(cc1OC)[C@@H](c1ccc(Br)cc1)[NH2+]CC2. The lowest BCUT2D eigenvalue weighted by molar-refractivity contribution is -0.690. The summed E-state index contributed by atoms with van der Waals surface area (Å²) >= 11 is 3.50. The highest BCUT2D eigenvalue weighted by Crippen LogP contribution is 2.35. The third kappa shape index (κ3) is 2.78. The van der Waals surface area contributed by atoms with Crippen molar-refractivity contribution in [3.05, 3.63) is 57.6 Å². The van der Waals surface area contributed by atoms with Crippen molar-refractivity contribution in [1.29, 1.82) is 0 Å². The molecule has 1 aliphatic rings. The molecule has 21 heavy (non-hydrogen) atoms. The van der Waals surface area contributed by atoms with Crippen LogP contribution in [0.25, 0.3) is 0 Å². The van der Waals surface area contributed by atoms with Gasteiger partial charge in [0.2, 0.25) is 0 Å². The van der Waals surface area contributed by atoms with Crippen LogP contribution in [-0.4, -0.2) is 20.8 Å². The summed E-state index contributed by atoms with van der Waals surface area (Å²) in [4.78, 5) is 0. The maximum Gasteiger partial charge on any atom is 0.161 e. The lowest BCUT2D eigenvalue weighted by atomic mass is 9.89. The van der Waals surface area contributed by atoms with E-state index in [2.05, 4.69) is 57.6 Å². The summed E-state index contributed by atoms with van der Waals surface area (Å²) in [5.41, 5.74) is 3.98. The number of methoxy groups -OCH3 is 2. The number of rotatable bonds is 3. The van der Waals surface area contributed by atoms with Crippen LogP contribution in [-0.2, 0) is 6.42 Å². The lowest BCUT2D eigenvalue weighted by Crippen LogP contribution is -2.87. The number of hydrogen-bond donors (Lipinski definition) is 1. The zero-order valence-corrected chi connectivity index (χ0v) is 13.8. The zero-order chi connectivity index (χ0) is 14.8. The summed E-state index contributed by atoms with van der Waals surface area (Å²) in [7, 11) is 3.37. The first-order valence-corrected chi connectivity index (χ1v) is 7.86. The first kappa shape index (κ1) is 14.4. The van der Waals surface area contributed by atoms with Gasteiger partial charge in [-0.25, -0.2) is 0 Å². The molecule has 0 spiro atoms. The minimum absolute atomic E-state index is 0.321. The Kier molecular flexibility index (Phi) is 4.17. The number of halogens is 1. The maximum absolute atomic E-state index is 5.46. The van der Waals surface area contributed by atoms with E-state index in [4.69, 9.17) is 9.47 Å². The number of quaternary nitrogens is 1. The molecule has 0 aliphatic carbocycles. The van der Waals surface area contributed by atoms with E-state index in [0.717, 1.165) is 28.9 Å². The van der Waals surface area contributed by atoms with Gasteiger partial charge < -0.3 is 14.8 Å². The standard InChI is InChI=1S/C17H18BrNO2/c1-20-15-9-12-7-8-19-17(14(12)10-16(15)21-2)11-3-5-13(18)6-4-11/h3-6,9-10,17,19H,7-8H2,1-2H3/p+1/t17-/m1/s1. The van der Waals surface area contributed by atoms with Gasteiger partial charge in [0.15, 0.2) is 11.5 Å². The molecule has 1 aliphatic heterocycles. The molecule has 110 valence electrons. The van der Waals surface area contributed by atoms with Crippen molar-refractivity contribution < 1.29 is 14.8 Å². The Labute approximate surface area is 133 Å². The van der Waals surface area contributed by atoms with Crippen molar-refractivity contribution in [2.24, 2.45) is 0 Å². The molecule has 4 heteroatoms. The van der Waals surface area contributed by atoms with Crippen LogP contribution < -0.4 is 14.8 Å². The number of fused-ring (bicyclic) bond motifs is 1. The molecule has 3 nitrogen and oxygen atoms in total. The predicted octanol–water partition coefficient (Wildman–Crippen LogP) is 2.68. The van der Waals surface area contributed by atoms with Gasteiger partial charge in [0.05, 0.1) is 20.8 Å². The van der Waals surface area contributed by atoms with E-state index in [1.165, 1.54) is 16.7 Å². The predicted molar refractivity (Wildman–Crippen MR) is 86.0 cm³/mol. The van der Waals surface area contributed by atoms with Crippen molar-refractivity contribution >= 4 is 15.9 Å². The van der Waals surface area contributed by atoms with Crippen LogP contribution in [0, 0.1) is 0 Å². The molecule has 1 atom stereocenters. The van der Waals surface area contributed by atoms with Crippen LogP contribution in [0.5, 0.6) is 11.5 Å². The normalized spacial score (nSPS) is 17.2. The quantitative estimate of drug-likeness (QED) is 0.925. The second kappa shape index (κ2) is 6.08. The minimum Gasteiger partial charge on any atom is -0.493 e. The largest absolute Gasteiger partial charge is 0.493 e. The molecule has 0 saturated heterocycles. The molecule has 2 N–H and O–H groups in total. The Morgan fingerprint density at radius 2 is 1.71 bits per heavy atom. The molecule has 0 aromatic heterocycles. The van der Waals surface area contributed by atoms with Crippen LogP contribution in [0.2, 0.25) is 0 Å². The molecule has 0 fully saturated rings. The second-order valence-electron chi connectivity index (χ2n) is 5.21. The van der Waals surface area contributed by atoms with Gasteiger partial charge in [-0.2, -0.15) is 0 Å². The second-order valence-corrected chi connectivity index (χ2v) is 6.13. The summed E-state index contributed by atoms with van der Waals surface area (Å²) in [5, 5.41) is 2.39. The highest BCUT2D eigenvalue weighted by atomic mass is 79.9. The first-order valence-electron chi connectivity index (χ1n) is 7.06. The monoisotopic (exact) mass is 348 g/mol. The van der Waals surface area contributed by atoms with Gasteiger partial charge in [0.25, 0.3) is 0 Å². The molecular formula is C17H19BrNO2+.